The summed E-state index contributed by atoms with van der Waals surface area (Å²) < 4.78 is 0. The SMILES string of the molecule is SCCSCCSCCS. The van der Waals surface area contributed by atoms with Gasteiger partial charge in [-0.25, -0.2) is 0 Å². The molecule has 0 spiro atoms. The Bertz CT molecular complexity index is 49.7. The maximum Gasteiger partial charge on any atom is 0.00238 e. The Labute approximate surface area is 83.1 Å². The molecule has 0 radical (unpaired) electrons. The van der Waals surface area contributed by atoms with E-state index in [0.717, 1.165) is 11.5 Å². The van der Waals surface area contributed by atoms with E-state index in [1.165, 1.54) is 23.0 Å². The van der Waals surface area contributed by atoms with Crippen molar-refractivity contribution < 1.29 is 0 Å². The van der Waals surface area contributed by atoms with Gasteiger partial charge < -0.3 is 0 Å². The zero-order valence-corrected chi connectivity index (χ0v) is 9.38. The predicted octanol–water partition coefficient (Wildman–Crippen LogP) is 2.31. The van der Waals surface area contributed by atoms with E-state index in [1.807, 2.05) is 23.5 Å². The van der Waals surface area contributed by atoms with Gasteiger partial charge >= 0.3 is 0 Å². The van der Waals surface area contributed by atoms with E-state index >= 15 is 0 Å². The minimum absolute atomic E-state index is 1.00. The zero-order chi connectivity index (χ0) is 7.66. The second-order valence-electron chi connectivity index (χ2n) is 1.67. The predicted molar refractivity (Wildman–Crippen MR) is 62.4 cm³/mol. The van der Waals surface area contributed by atoms with Gasteiger partial charge in [-0.3, -0.25) is 0 Å². The van der Waals surface area contributed by atoms with E-state index in [2.05, 4.69) is 25.3 Å². The quantitative estimate of drug-likeness (QED) is 0.493. The average molecular weight is 214 g/mol. The molecule has 0 aliphatic heterocycles. The fraction of sp³-hybridized carbons (Fsp3) is 1.00. The van der Waals surface area contributed by atoms with Gasteiger partial charge in [-0.05, 0) is 11.5 Å². The van der Waals surface area contributed by atoms with Gasteiger partial charge in [0.05, 0.1) is 0 Å². The third kappa shape index (κ3) is 9.40. The first-order valence-electron chi connectivity index (χ1n) is 3.29. The summed E-state index contributed by atoms with van der Waals surface area (Å²) in [6, 6.07) is 0. The Morgan fingerprint density at radius 3 is 1.40 bits per heavy atom. The van der Waals surface area contributed by atoms with Crippen LogP contribution in [0.3, 0.4) is 0 Å². The third-order valence-corrected chi connectivity index (χ3v) is 4.13. The monoisotopic (exact) mass is 214 g/mol. The molecule has 4 heteroatoms. The lowest BCUT2D eigenvalue weighted by atomic mass is 10.9. The molecule has 0 saturated heterocycles. The summed E-state index contributed by atoms with van der Waals surface area (Å²) in [4.78, 5) is 0. The molecule has 0 aromatic carbocycles. The summed E-state index contributed by atoms with van der Waals surface area (Å²) in [5.41, 5.74) is 0. The Kier molecular flexibility index (Phi) is 11.9. The molecule has 0 aliphatic carbocycles. The van der Waals surface area contributed by atoms with Crippen molar-refractivity contribution in [2.24, 2.45) is 0 Å². The van der Waals surface area contributed by atoms with E-state index in [4.69, 9.17) is 0 Å². The first-order chi connectivity index (χ1) is 4.91. The Morgan fingerprint density at radius 1 is 0.700 bits per heavy atom. The minimum Gasteiger partial charge on any atom is -0.179 e. The molecule has 0 aromatic heterocycles. The van der Waals surface area contributed by atoms with Crippen molar-refractivity contribution >= 4 is 48.8 Å². The van der Waals surface area contributed by atoms with Crippen LogP contribution in [0, 0.1) is 0 Å². The van der Waals surface area contributed by atoms with Crippen molar-refractivity contribution in [3.8, 4) is 0 Å². The van der Waals surface area contributed by atoms with Crippen molar-refractivity contribution in [2.45, 2.75) is 0 Å². The normalized spacial score (nSPS) is 10.2. The molecule has 0 nitrogen and oxygen atoms in total. The van der Waals surface area contributed by atoms with Crippen LogP contribution in [0.15, 0.2) is 0 Å². The highest BCUT2D eigenvalue weighted by Gasteiger charge is 1.87. The lowest BCUT2D eigenvalue weighted by Crippen LogP contribution is -1.89. The lowest BCUT2D eigenvalue weighted by molar-refractivity contribution is 1.47. The number of thiol groups is 2. The van der Waals surface area contributed by atoms with Gasteiger partial charge in [0.2, 0.25) is 0 Å². The molecule has 0 N–H and O–H groups in total. The lowest BCUT2D eigenvalue weighted by Gasteiger charge is -1.97. The fourth-order valence-electron chi connectivity index (χ4n) is 0.451. The van der Waals surface area contributed by atoms with E-state index in [-0.39, 0.29) is 0 Å². The van der Waals surface area contributed by atoms with E-state index in [9.17, 15) is 0 Å². The number of hydrogen-bond donors (Lipinski definition) is 2. The van der Waals surface area contributed by atoms with Gasteiger partial charge in [-0.15, -0.1) is 0 Å². The van der Waals surface area contributed by atoms with Gasteiger partial charge in [0.15, 0.2) is 0 Å². The van der Waals surface area contributed by atoms with Crippen LogP contribution in [0.2, 0.25) is 0 Å². The molecule has 62 valence electrons. The molecule has 0 bridgehead atoms. The molecule has 0 rings (SSSR count). The summed E-state index contributed by atoms with van der Waals surface area (Å²) >= 11 is 12.2. The van der Waals surface area contributed by atoms with Gasteiger partial charge in [0.1, 0.15) is 0 Å². The van der Waals surface area contributed by atoms with E-state index < -0.39 is 0 Å². The number of rotatable bonds is 7. The minimum atomic E-state index is 1.00. The van der Waals surface area contributed by atoms with Crippen molar-refractivity contribution in [3.63, 3.8) is 0 Å². The summed E-state index contributed by atoms with van der Waals surface area (Å²) in [5, 5.41) is 0. The largest absolute Gasteiger partial charge is 0.179 e. The topological polar surface area (TPSA) is 0 Å². The maximum absolute atomic E-state index is 4.12. The molecule has 0 amide bonds. The van der Waals surface area contributed by atoms with Crippen LogP contribution in [0.25, 0.3) is 0 Å². The molecule has 0 fully saturated rings. The molecule has 0 aliphatic rings. The average Bonchev–Trinajstić information content (AvgIpc) is 1.97. The smallest absolute Gasteiger partial charge is 0.00238 e. The summed E-state index contributed by atoms with van der Waals surface area (Å²) in [6.07, 6.45) is 0. The molecule has 0 heterocycles. The van der Waals surface area contributed by atoms with E-state index in [0.29, 0.717) is 0 Å². The van der Waals surface area contributed by atoms with Crippen molar-refractivity contribution in [3.05, 3.63) is 0 Å². The van der Waals surface area contributed by atoms with Crippen LogP contribution in [-0.4, -0.2) is 34.5 Å². The Morgan fingerprint density at radius 2 is 1.10 bits per heavy atom. The van der Waals surface area contributed by atoms with E-state index in [1.54, 1.807) is 0 Å². The zero-order valence-electron chi connectivity index (χ0n) is 5.95. The van der Waals surface area contributed by atoms with Crippen LogP contribution < -0.4 is 0 Å². The highest BCUT2D eigenvalue weighted by molar-refractivity contribution is 8.03. The van der Waals surface area contributed by atoms with Crippen LogP contribution in [0.1, 0.15) is 0 Å². The molecular weight excluding hydrogens is 200 g/mol. The Balaban J connectivity index is 2.65. The first-order valence-corrected chi connectivity index (χ1v) is 6.86. The second kappa shape index (κ2) is 10.4. The van der Waals surface area contributed by atoms with Crippen LogP contribution in [-0.2, 0) is 0 Å². The number of hydrogen-bond acceptors (Lipinski definition) is 4. The summed E-state index contributed by atoms with van der Waals surface area (Å²) in [5.74, 6) is 6.90. The Hall–Kier alpha value is 1.40. The molecule has 0 unspecified atom stereocenters. The maximum atomic E-state index is 4.12. The molecule has 0 atom stereocenters. The van der Waals surface area contributed by atoms with Crippen molar-refractivity contribution in [1.29, 1.82) is 0 Å². The summed E-state index contributed by atoms with van der Waals surface area (Å²) in [7, 11) is 0. The molecule has 0 aromatic rings. The standard InChI is InChI=1S/C6H14S4/c7-1-3-9-5-6-10-4-2-8/h7-8H,1-6H2. The van der Waals surface area contributed by atoms with Gasteiger partial charge in [-0.1, -0.05) is 0 Å². The second-order valence-corrected chi connectivity index (χ2v) is 5.02. The van der Waals surface area contributed by atoms with Crippen LogP contribution in [0.4, 0.5) is 0 Å². The van der Waals surface area contributed by atoms with Crippen LogP contribution >= 0.6 is 48.8 Å². The summed E-state index contributed by atoms with van der Waals surface area (Å²) in [6.45, 7) is 0. The molecule has 0 saturated carbocycles. The molecule has 10 heavy (non-hydrogen) atoms. The highest BCUT2D eigenvalue weighted by atomic mass is 32.2. The van der Waals surface area contributed by atoms with Gasteiger partial charge in [0.25, 0.3) is 0 Å². The molecular formula is C6H14S4. The fourth-order valence-corrected chi connectivity index (χ4v) is 2.83. The van der Waals surface area contributed by atoms with Crippen molar-refractivity contribution in [1.82, 2.24) is 0 Å². The van der Waals surface area contributed by atoms with Gasteiger partial charge in [-0.2, -0.15) is 48.8 Å². The van der Waals surface area contributed by atoms with Gasteiger partial charge in [0, 0.05) is 23.0 Å². The van der Waals surface area contributed by atoms with Crippen LogP contribution in [0.5, 0.6) is 0 Å². The first kappa shape index (κ1) is 11.4. The highest BCUT2D eigenvalue weighted by Crippen LogP contribution is 2.06. The third-order valence-electron chi connectivity index (χ3n) is 0.843. The number of thioether (sulfide) groups is 2. The van der Waals surface area contributed by atoms with Crippen molar-refractivity contribution in [2.75, 3.05) is 34.5 Å².